The molecule has 5 aliphatic rings. The number of nitrogens with zero attached hydrogens (tertiary/aromatic N) is 1. The van der Waals surface area contributed by atoms with Crippen molar-refractivity contribution in [3.63, 3.8) is 0 Å². The van der Waals surface area contributed by atoms with Gasteiger partial charge in [0.1, 0.15) is 5.76 Å². The van der Waals surface area contributed by atoms with Crippen molar-refractivity contribution in [2.24, 2.45) is 28.7 Å². The van der Waals surface area contributed by atoms with Gasteiger partial charge in [0.15, 0.2) is 6.23 Å². The Bertz CT molecular complexity index is 759. The van der Waals surface area contributed by atoms with Gasteiger partial charge in [0, 0.05) is 45.4 Å². The molecule has 0 aromatic carbocycles. The average molecular weight is 362 g/mol. The number of nitrogens with one attached hydrogen (secondary N) is 1. The predicted octanol–water partition coefficient (Wildman–Crippen LogP) is 4.51. The Hall–Kier alpha value is -0.740. The minimum atomic E-state index is -2.09. The maximum absolute atomic E-state index is 7.72. The zero-order chi connectivity index (χ0) is 19.6. The van der Waals surface area contributed by atoms with E-state index in [1.807, 2.05) is 11.8 Å². The van der Waals surface area contributed by atoms with E-state index < -0.39 is 6.85 Å². The van der Waals surface area contributed by atoms with Crippen LogP contribution in [0, 0.1) is 23.7 Å². The van der Waals surface area contributed by atoms with Crippen molar-refractivity contribution in [3.05, 3.63) is 22.3 Å². The monoisotopic (exact) mass is 361 g/mol. The molecule has 5 rings (SSSR count). The van der Waals surface area contributed by atoms with Gasteiger partial charge in [0.05, 0.1) is 0 Å². The number of rotatable bonds is 1. The number of thioether (sulfide) groups is 1. The van der Waals surface area contributed by atoms with Gasteiger partial charge in [-0.1, -0.05) is 19.9 Å². The Balaban J connectivity index is 1.48. The van der Waals surface area contributed by atoms with Crippen LogP contribution < -0.4 is 5.32 Å². The third-order valence-electron chi connectivity index (χ3n) is 7.08. The molecule has 4 aliphatic heterocycles. The van der Waals surface area contributed by atoms with Crippen LogP contribution >= 0.6 is 11.8 Å². The van der Waals surface area contributed by atoms with Crippen molar-refractivity contribution in [2.45, 2.75) is 70.3 Å². The fourth-order valence-electron chi connectivity index (χ4n) is 5.65. The van der Waals surface area contributed by atoms with E-state index in [1.54, 1.807) is 4.91 Å². The molecule has 25 heavy (non-hydrogen) atoms. The fraction of sp³-hybridized carbons (Fsp3) is 0.762. The number of ether oxygens (including phenoxy) is 1. The molecule has 3 unspecified atom stereocenters. The number of fused-ring (bicyclic) bond motifs is 4. The van der Waals surface area contributed by atoms with E-state index >= 15 is 0 Å². The first-order valence-electron chi connectivity index (χ1n) is 11.4. The SMILES string of the molecule is [2H]C([2H])([2H])C1=NC2OC3=C([C@@H]4NCC=C5S[C@H](C)C(C)[C@@H]54)CCC[C@H]3C2CC1. The van der Waals surface area contributed by atoms with Crippen LogP contribution in [-0.4, -0.2) is 29.8 Å². The van der Waals surface area contributed by atoms with E-state index in [4.69, 9.17) is 8.85 Å². The van der Waals surface area contributed by atoms with Gasteiger partial charge >= 0.3 is 0 Å². The summed E-state index contributed by atoms with van der Waals surface area (Å²) < 4.78 is 29.6. The van der Waals surface area contributed by atoms with E-state index in [0.29, 0.717) is 47.1 Å². The molecule has 4 heteroatoms. The smallest absolute Gasteiger partial charge is 0.192 e. The molecule has 0 saturated carbocycles. The molecule has 7 atom stereocenters. The molecular weight excluding hydrogens is 328 g/mol. The molecule has 0 amide bonds. The van der Waals surface area contributed by atoms with Crippen LogP contribution in [-0.2, 0) is 4.74 Å². The highest BCUT2D eigenvalue weighted by Crippen LogP contribution is 2.53. The molecule has 2 saturated heterocycles. The lowest BCUT2D eigenvalue weighted by Gasteiger charge is -2.37. The highest BCUT2D eigenvalue weighted by Gasteiger charge is 2.49. The molecule has 0 aromatic rings. The first kappa shape index (κ1) is 13.4. The second-order valence-electron chi connectivity index (χ2n) is 8.38. The van der Waals surface area contributed by atoms with Crippen LogP contribution in [0.5, 0.6) is 0 Å². The second-order valence-corrected chi connectivity index (χ2v) is 9.83. The fourth-order valence-corrected chi connectivity index (χ4v) is 7.15. The maximum Gasteiger partial charge on any atom is 0.192 e. The highest BCUT2D eigenvalue weighted by atomic mass is 32.2. The topological polar surface area (TPSA) is 33.6 Å². The van der Waals surface area contributed by atoms with Crippen LogP contribution in [0.3, 0.4) is 0 Å². The van der Waals surface area contributed by atoms with E-state index in [1.165, 1.54) is 12.0 Å². The molecule has 1 N–H and O–H groups in total. The summed E-state index contributed by atoms with van der Waals surface area (Å²) in [6.07, 6.45) is 7.01. The standard InChI is InChI=1S/C21H30N2OS/c1-11-7-8-15-14-5-4-6-16(20(14)24-21(15)23-11)19-18-12(2)13(3)25-17(18)9-10-22-19/h9,12-15,18-19,21-22H,4-8,10H2,1-3H3/t12?,13-,14+,15?,18+,19+,21?/m1/s1/i1D3. The predicted molar refractivity (Wildman–Crippen MR) is 105 cm³/mol. The molecule has 1 aliphatic carbocycles. The molecule has 4 heterocycles. The number of hydrogen-bond donors (Lipinski definition) is 1. The van der Waals surface area contributed by atoms with E-state index in [9.17, 15) is 0 Å². The minimum Gasteiger partial charge on any atom is -0.472 e. The summed E-state index contributed by atoms with van der Waals surface area (Å²) in [6, 6.07) is 0.358. The Morgan fingerprint density at radius 3 is 3.12 bits per heavy atom. The van der Waals surface area contributed by atoms with E-state index in [2.05, 4.69) is 30.2 Å². The Morgan fingerprint density at radius 1 is 1.32 bits per heavy atom. The van der Waals surface area contributed by atoms with Gasteiger partial charge in [0.2, 0.25) is 0 Å². The Labute approximate surface area is 160 Å². The summed E-state index contributed by atoms with van der Waals surface area (Å²) in [4.78, 5) is 6.13. The zero-order valence-corrected chi connectivity index (χ0v) is 15.9. The van der Waals surface area contributed by atoms with Crippen LogP contribution in [0.15, 0.2) is 27.3 Å². The summed E-state index contributed by atoms with van der Waals surface area (Å²) in [5.74, 6) is 3.12. The van der Waals surface area contributed by atoms with Crippen molar-refractivity contribution in [1.82, 2.24) is 5.32 Å². The van der Waals surface area contributed by atoms with E-state index in [0.717, 1.165) is 31.6 Å². The molecule has 2 fully saturated rings. The quantitative estimate of drug-likeness (QED) is 0.746. The molecule has 0 bridgehead atoms. The van der Waals surface area contributed by atoms with Gasteiger partial charge in [-0.2, -0.15) is 0 Å². The molecule has 136 valence electrons. The summed E-state index contributed by atoms with van der Waals surface area (Å²) in [5.41, 5.74) is 1.80. The third kappa shape index (κ3) is 2.55. The Morgan fingerprint density at radius 2 is 2.24 bits per heavy atom. The normalized spacial score (nSPS) is 48.2. The molecule has 0 spiro atoms. The average Bonchev–Trinajstić information content (AvgIpc) is 3.18. The van der Waals surface area contributed by atoms with Crippen molar-refractivity contribution >= 4 is 17.5 Å². The lowest BCUT2D eigenvalue weighted by Crippen LogP contribution is -2.44. The highest BCUT2D eigenvalue weighted by molar-refractivity contribution is 8.04. The third-order valence-corrected chi connectivity index (χ3v) is 8.59. The van der Waals surface area contributed by atoms with Crippen molar-refractivity contribution in [2.75, 3.05) is 6.54 Å². The summed E-state index contributed by atoms with van der Waals surface area (Å²) in [6.45, 7) is 3.57. The van der Waals surface area contributed by atoms with Crippen molar-refractivity contribution in [3.8, 4) is 0 Å². The molecule has 3 nitrogen and oxygen atoms in total. The number of hydrogen-bond acceptors (Lipinski definition) is 4. The summed E-state index contributed by atoms with van der Waals surface area (Å²) >= 11 is 2.05. The second kappa shape index (κ2) is 6.16. The van der Waals surface area contributed by atoms with Gasteiger partial charge in [0.25, 0.3) is 0 Å². The van der Waals surface area contributed by atoms with E-state index in [-0.39, 0.29) is 6.23 Å². The lowest BCUT2D eigenvalue weighted by atomic mass is 9.73. The first-order valence-corrected chi connectivity index (χ1v) is 10.8. The van der Waals surface area contributed by atoms with Gasteiger partial charge < -0.3 is 10.1 Å². The van der Waals surface area contributed by atoms with Gasteiger partial charge in [-0.3, -0.25) is 4.99 Å². The number of aliphatic imine (C=N–C) groups is 1. The maximum atomic E-state index is 7.72. The lowest BCUT2D eigenvalue weighted by molar-refractivity contribution is 0.127. The van der Waals surface area contributed by atoms with Crippen molar-refractivity contribution < 1.29 is 8.85 Å². The largest absolute Gasteiger partial charge is 0.472 e. The van der Waals surface area contributed by atoms with Gasteiger partial charge in [-0.15, -0.1) is 11.8 Å². The Kier molecular flexibility index (Phi) is 3.31. The van der Waals surface area contributed by atoms with Gasteiger partial charge in [-0.05, 0) is 55.4 Å². The van der Waals surface area contributed by atoms with Gasteiger partial charge in [-0.25, -0.2) is 0 Å². The van der Waals surface area contributed by atoms with Crippen LogP contribution in [0.4, 0.5) is 0 Å². The molecular formula is C21H30N2OS. The minimum absolute atomic E-state index is 0.287. The summed E-state index contributed by atoms with van der Waals surface area (Å²) in [7, 11) is 0. The van der Waals surface area contributed by atoms with Crippen LogP contribution in [0.2, 0.25) is 0 Å². The first-order chi connectivity index (χ1) is 13.3. The molecule has 0 aromatic heterocycles. The van der Waals surface area contributed by atoms with Crippen LogP contribution in [0.1, 0.15) is 56.9 Å². The summed E-state index contributed by atoms with van der Waals surface area (Å²) in [5, 5.41) is 4.44. The number of allylic oxidation sites excluding steroid dienone is 1. The van der Waals surface area contributed by atoms with Crippen molar-refractivity contribution in [1.29, 1.82) is 0 Å². The molecule has 0 radical (unpaired) electrons. The van der Waals surface area contributed by atoms with Crippen LogP contribution in [0.25, 0.3) is 0 Å². The zero-order valence-electron chi connectivity index (χ0n) is 18.1.